The van der Waals surface area contributed by atoms with Crippen LogP contribution in [0.15, 0.2) is 0 Å². The Morgan fingerprint density at radius 3 is 2.57 bits per heavy atom. The fraction of sp³-hybridized carbons (Fsp3) is 1.00. The van der Waals surface area contributed by atoms with Gasteiger partial charge in [0.05, 0.1) is 6.61 Å². The number of hydrogen-bond donors (Lipinski definition) is 2. The Hall–Kier alpha value is -0.120. The molecule has 0 amide bonds. The summed E-state index contributed by atoms with van der Waals surface area (Å²) in [7, 11) is 2.22. The van der Waals surface area contributed by atoms with Gasteiger partial charge >= 0.3 is 0 Å². The summed E-state index contributed by atoms with van der Waals surface area (Å²) < 4.78 is 0. The molecule has 0 saturated heterocycles. The van der Waals surface area contributed by atoms with Gasteiger partial charge in [0, 0.05) is 25.7 Å². The SMILES string of the molecule is CN(CCNCCO)C1CCCCC1. The van der Waals surface area contributed by atoms with Crippen LogP contribution in [-0.2, 0) is 0 Å². The summed E-state index contributed by atoms with van der Waals surface area (Å²) in [6, 6.07) is 0.805. The van der Waals surface area contributed by atoms with Crippen LogP contribution in [0.25, 0.3) is 0 Å². The summed E-state index contributed by atoms with van der Waals surface area (Å²) in [5, 5.41) is 11.8. The highest BCUT2D eigenvalue weighted by molar-refractivity contribution is 4.73. The van der Waals surface area contributed by atoms with Gasteiger partial charge in [-0.2, -0.15) is 0 Å². The van der Waals surface area contributed by atoms with E-state index < -0.39 is 0 Å². The molecule has 0 aromatic rings. The number of nitrogens with one attached hydrogen (secondary N) is 1. The van der Waals surface area contributed by atoms with Crippen LogP contribution >= 0.6 is 0 Å². The lowest BCUT2D eigenvalue weighted by Crippen LogP contribution is -2.38. The molecule has 14 heavy (non-hydrogen) atoms. The summed E-state index contributed by atoms with van der Waals surface area (Å²) in [6.45, 7) is 3.06. The van der Waals surface area contributed by atoms with Crippen molar-refractivity contribution < 1.29 is 5.11 Å². The molecule has 0 bridgehead atoms. The van der Waals surface area contributed by atoms with Crippen LogP contribution in [0, 0.1) is 0 Å². The van der Waals surface area contributed by atoms with Gasteiger partial charge in [-0.3, -0.25) is 0 Å². The molecule has 0 heterocycles. The lowest BCUT2D eigenvalue weighted by molar-refractivity contribution is 0.190. The van der Waals surface area contributed by atoms with E-state index in [0.29, 0.717) is 0 Å². The molecular formula is C11H24N2O. The van der Waals surface area contributed by atoms with E-state index in [1.807, 2.05) is 0 Å². The predicted octanol–water partition coefficient (Wildman–Crippen LogP) is 0.833. The van der Waals surface area contributed by atoms with E-state index in [1.54, 1.807) is 0 Å². The van der Waals surface area contributed by atoms with Crippen LogP contribution in [0.2, 0.25) is 0 Å². The molecule has 1 fully saturated rings. The van der Waals surface area contributed by atoms with Gasteiger partial charge in [0.1, 0.15) is 0 Å². The fourth-order valence-electron chi connectivity index (χ4n) is 2.16. The molecule has 0 aromatic carbocycles. The monoisotopic (exact) mass is 200 g/mol. The largest absolute Gasteiger partial charge is 0.395 e. The molecule has 1 saturated carbocycles. The van der Waals surface area contributed by atoms with E-state index in [4.69, 9.17) is 5.11 Å². The molecule has 0 radical (unpaired) electrons. The van der Waals surface area contributed by atoms with Gasteiger partial charge in [0.15, 0.2) is 0 Å². The molecule has 3 heteroatoms. The first-order chi connectivity index (χ1) is 6.84. The zero-order chi connectivity index (χ0) is 10.2. The Labute approximate surface area is 87.5 Å². The van der Waals surface area contributed by atoms with Crippen LogP contribution in [-0.4, -0.2) is 49.3 Å². The van der Waals surface area contributed by atoms with Gasteiger partial charge in [0.2, 0.25) is 0 Å². The normalized spacial score (nSPS) is 19.1. The van der Waals surface area contributed by atoms with Crippen LogP contribution in [0.3, 0.4) is 0 Å². The van der Waals surface area contributed by atoms with Gasteiger partial charge in [-0.1, -0.05) is 19.3 Å². The lowest BCUT2D eigenvalue weighted by Gasteiger charge is -2.31. The number of hydrogen-bond acceptors (Lipinski definition) is 3. The molecule has 1 aliphatic rings. The maximum Gasteiger partial charge on any atom is 0.0555 e. The molecule has 3 nitrogen and oxygen atoms in total. The Morgan fingerprint density at radius 1 is 1.21 bits per heavy atom. The second-order valence-electron chi connectivity index (χ2n) is 4.25. The second kappa shape index (κ2) is 7.21. The number of rotatable bonds is 6. The molecule has 1 rings (SSSR count). The van der Waals surface area contributed by atoms with E-state index in [9.17, 15) is 0 Å². The Balaban J connectivity index is 2.04. The Morgan fingerprint density at radius 2 is 1.93 bits per heavy atom. The molecule has 0 aliphatic heterocycles. The van der Waals surface area contributed by atoms with E-state index in [2.05, 4.69) is 17.3 Å². The zero-order valence-corrected chi connectivity index (χ0v) is 9.34. The minimum absolute atomic E-state index is 0.243. The molecule has 0 spiro atoms. The first kappa shape index (κ1) is 12.0. The first-order valence-electron chi connectivity index (χ1n) is 5.86. The van der Waals surface area contributed by atoms with Crippen molar-refractivity contribution in [1.82, 2.24) is 10.2 Å². The average Bonchev–Trinajstić information content (AvgIpc) is 2.25. The summed E-state index contributed by atoms with van der Waals surface area (Å²) in [6.07, 6.45) is 6.97. The quantitative estimate of drug-likeness (QED) is 0.624. The van der Waals surface area contributed by atoms with Crippen LogP contribution < -0.4 is 5.32 Å². The standard InChI is InChI=1S/C11H24N2O/c1-13(9-7-12-8-10-14)11-5-3-2-4-6-11/h11-12,14H,2-10H2,1H3. The highest BCUT2D eigenvalue weighted by Crippen LogP contribution is 2.20. The molecule has 0 aromatic heterocycles. The topological polar surface area (TPSA) is 35.5 Å². The second-order valence-corrected chi connectivity index (χ2v) is 4.25. The van der Waals surface area contributed by atoms with Gasteiger partial charge in [-0.05, 0) is 19.9 Å². The van der Waals surface area contributed by atoms with E-state index in [-0.39, 0.29) is 6.61 Å². The summed E-state index contributed by atoms with van der Waals surface area (Å²) in [4.78, 5) is 2.46. The van der Waals surface area contributed by atoms with Gasteiger partial charge in [-0.25, -0.2) is 0 Å². The van der Waals surface area contributed by atoms with Crippen molar-refractivity contribution in [1.29, 1.82) is 0 Å². The van der Waals surface area contributed by atoms with Crippen molar-refractivity contribution in [2.75, 3.05) is 33.3 Å². The van der Waals surface area contributed by atoms with Gasteiger partial charge in [-0.15, -0.1) is 0 Å². The smallest absolute Gasteiger partial charge is 0.0555 e. The molecular weight excluding hydrogens is 176 g/mol. The molecule has 1 aliphatic carbocycles. The third-order valence-electron chi connectivity index (χ3n) is 3.13. The third kappa shape index (κ3) is 4.40. The van der Waals surface area contributed by atoms with Crippen molar-refractivity contribution in [3.63, 3.8) is 0 Å². The van der Waals surface area contributed by atoms with Crippen molar-refractivity contribution in [3.05, 3.63) is 0 Å². The number of aliphatic hydroxyl groups excluding tert-OH is 1. The highest BCUT2D eigenvalue weighted by Gasteiger charge is 2.16. The summed E-state index contributed by atoms with van der Waals surface area (Å²) >= 11 is 0. The fourth-order valence-corrected chi connectivity index (χ4v) is 2.16. The first-order valence-corrected chi connectivity index (χ1v) is 5.86. The van der Waals surface area contributed by atoms with E-state index >= 15 is 0 Å². The van der Waals surface area contributed by atoms with Crippen molar-refractivity contribution in [2.45, 2.75) is 38.1 Å². The zero-order valence-electron chi connectivity index (χ0n) is 9.34. The number of aliphatic hydroxyl groups is 1. The predicted molar refractivity (Wildman–Crippen MR) is 59.5 cm³/mol. The summed E-state index contributed by atoms with van der Waals surface area (Å²) in [5.74, 6) is 0. The Kier molecular flexibility index (Phi) is 6.15. The molecule has 0 atom stereocenters. The molecule has 0 unspecified atom stereocenters. The minimum atomic E-state index is 0.243. The molecule has 2 N–H and O–H groups in total. The third-order valence-corrected chi connectivity index (χ3v) is 3.13. The van der Waals surface area contributed by atoms with Gasteiger partial charge < -0.3 is 15.3 Å². The van der Waals surface area contributed by atoms with Crippen LogP contribution in [0.4, 0.5) is 0 Å². The maximum atomic E-state index is 8.60. The van der Waals surface area contributed by atoms with Crippen molar-refractivity contribution >= 4 is 0 Å². The van der Waals surface area contributed by atoms with Crippen molar-refractivity contribution in [2.24, 2.45) is 0 Å². The minimum Gasteiger partial charge on any atom is -0.395 e. The average molecular weight is 200 g/mol. The van der Waals surface area contributed by atoms with E-state index in [1.165, 1.54) is 32.1 Å². The van der Waals surface area contributed by atoms with Crippen LogP contribution in [0.5, 0.6) is 0 Å². The van der Waals surface area contributed by atoms with Gasteiger partial charge in [0.25, 0.3) is 0 Å². The number of nitrogens with zero attached hydrogens (tertiary/aromatic N) is 1. The Bertz CT molecular complexity index is 135. The lowest BCUT2D eigenvalue weighted by atomic mass is 9.94. The maximum absolute atomic E-state index is 8.60. The molecule has 84 valence electrons. The highest BCUT2D eigenvalue weighted by atomic mass is 16.3. The van der Waals surface area contributed by atoms with Crippen molar-refractivity contribution in [3.8, 4) is 0 Å². The summed E-state index contributed by atoms with van der Waals surface area (Å²) in [5.41, 5.74) is 0. The number of likely N-dealkylation sites (N-methyl/N-ethyl adjacent to an activating group) is 1. The van der Waals surface area contributed by atoms with E-state index in [0.717, 1.165) is 25.7 Å². The van der Waals surface area contributed by atoms with Crippen LogP contribution in [0.1, 0.15) is 32.1 Å².